The lowest BCUT2D eigenvalue weighted by Gasteiger charge is -2.27. The molecule has 0 N–H and O–H groups in total. The topological polar surface area (TPSA) is 3.24 Å². The van der Waals surface area contributed by atoms with E-state index in [1.54, 1.807) is 0 Å². The third kappa shape index (κ3) is 2.48. The molecule has 1 nitrogen and oxygen atoms in total. The fraction of sp³-hybridized carbons (Fsp3) is 0.500. The molecular weight excluding hydrogens is 158 g/mol. The van der Waals surface area contributed by atoms with Crippen LogP contribution in [-0.4, -0.2) is 17.5 Å². The number of nitrogens with zero attached hydrogens (tertiary/aromatic N) is 1. The summed E-state index contributed by atoms with van der Waals surface area (Å²) in [5, 5.41) is 0. The van der Waals surface area contributed by atoms with Crippen LogP contribution in [0.25, 0.3) is 0 Å². The first kappa shape index (κ1) is 10.1. The number of likely N-dealkylation sites (tertiary alicyclic amines) is 1. The average molecular weight is 177 g/mol. The molecule has 1 fully saturated rings. The summed E-state index contributed by atoms with van der Waals surface area (Å²) >= 11 is 0. The molecule has 1 unspecified atom stereocenters. The summed E-state index contributed by atoms with van der Waals surface area (Å²) in [6, 6.07) is 0.643. The number of hydrogen-bond acceptors (Lipinski definition) is 1. The summed E-state index contributed by atoms with van der Waals surface area (Å²) in [5.41, 5.74) is 1.21. The van der Waals surface area contributed by atoms with E-state index in [4.69, 9.17) is 0 Å². The summed E-state index contributed by atoms with van der Waals surface area (Å²) in [4.78, 5) is 2.41. The first-order chi connectivity index (χ1) is 6.29. The first-order valence-corrected chi connectivity index (χ1v) is 4.95. The number of hydrogen-bond donors (Lipinski definition) is 0. The van der Waals surface area contributed by atoms with E-state index < -0.39 is 0 Å². The van der Waals surface area contributed by atoms with Crippen molar-refractivity contribution in [1.82, 2.24) is 4.90 Å². The van der Waals surface area contributed by atoms with Crippen LogP contribution in [0.1, 0.15) is 25.7 Å². The van der Waals surface area contributed by atoms with Crippen molar-refractivity contribution in [2.75, 3.05) is 6.54 Å². The number of rotatable bonds is 5. The molecule has 13 heavy (non-hydrogen) atoms. The van der Waals surface area contributed by atoms with E-state index in [0.717, 1.165) is 19.4 Å². The highest BCUT2D eigenvalue weighted by molar-refractivity contribution is 5.04. The molecule has 0 amide bonds. The van der Waals surface area contributed by atoms with Gasteiger partial charge in [0, 0.05) is 24.7 Å². The van der Waals surface area contributed by atoms with Crippen LogP contribution < -0.4 is 0 Å². The molecule has 1 saturated heterocycles. The molecule has 0 aromatic heterocycles. The molecule has 0 aromatic carbocycles. The highest BCUT2D eigenvalue weighted by atomic mass is 15.2. The van der Waals surface area contributed by atoms with Crippen LogP contribution in [-0.2, 0) is 0 Å². The Bertz CT molecular complexity index is 205. The largest absolute Gasteiger partial charge is 0.372 e. The van der Waals surface area contributed by atoms with E-state index in [2.05, 4.69) is 24.6 Å². The van der Waals surface area contributed by atoms with Crippen molar-refractivity contribution in [3.63, 3.8) is 0 Å². The third-order valence-electron chi connectivity index (χ3n) is 2.60. The van der Waals surface area contributed by atoms with Crippen molar-refractivity contribution in [2.45, 2.75) is 31.7 Å². The van der Waals surface area contributed by atoms with Crippen LogP contribution in [0.15, 0.2) is 37.6 Å². The van der Waals surface area contributed by atoms with Crippen molar-refractivity contribution in [1.29, 1.82) is 0 Å². The Hall–Kier alpha value is -0.980. The predicted molar refractivity (Wildman–Crippen MR) is 58.5 cm³/mol. The van der Waals surface area contributed by atoms with Crippen LogP contribution in [0.2, 0.25) is 0 Å². The first-order valence-electron chi connectivity index (χ1n) is 4.95. The molecule has 0 aromatic rings. The van der Waals surface area contributed by atoms with Gasteiger partial charge in [0.25, 0.3) is 0 Å². The van der Waals surface area contributed by atoms with E-state index in [-0.39, 0.29) is 0 Å². The van der Waals surface area contributed by atoms with E-state index in [1.807, 2.05) is 12.2 Å². The average Bonchev–Trinajstić information content (AvgIpc) is 2.54. The van der Waals surface area contributed by atoms with Gasteiger partial charge in [-0.3, -0.25) is 0 Å². The number of allylic oxidation sites excluding steroid dienone is 1. The summed E-state index contributed by atoms with van der Waals surface area (Å²) in [5.74, 6) is 0. The van der Waals surface area contributed by atoms with Gasteiger partial charge in [0.2, 0.25) is 0 Å². The fourth-order valence-electron chi connectivity index (χ4n) is 1.97. The SMILES string of the molecule is C=CCC(=C)N1CCCC1CC=C. The monoisotopic (exact) mass is 177 g/mol. The maximum Gasteiger partial charge on any atom is 0.0321 e. The lowest BCUT2D eigenvalue weighted by atomic mass is 10.1. The van der Waals surface area contributed by atoms with Gasteiger partial charge in [0.05, 0.1) is 0 Å². The summed E-state index contributed by atoms with van der Waals surface area (Å²) in [6.45, 7) is 12.8. The Morgan fingerprint density at radius 2 is 2.15 bits per heavy atom. The van der Waals surface area contributed by atoms with E-state index in [0.29, 0.717) is 6.04 Å². The van der Waals surface area contributed by atoms with Crippen molar-refractivity contribution >= 4 is 0 Å². The summed E-state index contributed by atoms with van der Waals surface area (Å²) < 4.78 is 0. The van der Waals surface area contributed by atoms with Crippen LogP contribution in [0.3, 0.4) is 0 Å². The van der Waals surface area contributed by atoms with Crippen molar-refractivity contribution in [3.05, 3.63) is 37.6 Å². The second kappa shape index (κ2) is 4.90. The Labute approximate surface area is 81.4 Å². The van der Waals surface area contributed by atoms with Crippen molar-refractivity contribution in [2.24, 2.45) is 0 Å². The van der Waals surface area contributed by atoms with Crippen LogP contribution >= 0.6 is 0 Å². The molecule has 0 aliphatic carbocycles. The predicted octanol–water partition coefficient (Wildman–Crippen LogP) is 3.12. The minimum absolute atomic E-state index is 0.643. The summed E-state index contributed by atoms with van der Waals surface area (Å²) in [6.07, 6.45) is 8.48. The Morgan fingerprint density at radius 1 is 1.38 bits per heavy atom. The molecule has 72 valence electrons. The Morgan fingerprint density at radius 3 is 2.77 bits per heavy atom. The molecule has 1 heteroatoms. The molecular formula is C12H19N. The van der Waals surface area contributed by atoms with Gasteiger partial charge < -0.3 is 4.90 Å². The third-order valence-corrected chi connectivity index (χ3v) is 2.60. The van der Waals surface area contributed by atoms with Gasteiger partial charge in [-0.1, -0.05) is 18.7 Å². The van der Waals surface area contributed by atoms with Gasteiger partial charge in [-0.05, 0) is 19.3 Å². The molecule has 1 aliphatic heterocycles. The standard InChI is InChI=1S/C12H19N/c1-4-7-11(3)13-10-6-9-12(13)8-5-2/h4-5,12H,1-3,6-10H2. The summed E-state index contributed by atoms with van der Waals surface area (Å²) in [7, 11) is 0. The smallest absolute Gasteiger partial charge is 0.0321 e. The molecule has 1 aliphatic rings. The molecule has 1 rings (SSSR count). The van der Waals surface area contributed by atoms with E-state index in [1.165, 1.54) is 18.5 Å². The zero-order valence-electron chi connectivity index (χ0n) is 8.34. The Kier molecular flexibility index (Phi) is 3.81. The molecule has 1 atom stereocenters. The maximum atomic E-state index is 4.08. The zero-order chi connectivity index (χ0) is 9.68. The van der Waals surface area contributed by atoms with Gasteiger partial charge in [-0.25, -0.2) is 0 Å². The van der Waals surface area contributed by atoms with Gasteiger partial charge >= 0.3 is 0 Å². The lowest BCUT2D eigenvalue weighted by molar-refractivity contribution is 0.318. The normalized spacial score (nSPS) is 21.5. The van der Waals surface area contributed by atoms with Crippen molar-refractivity contribution < 1.29 is 0 Å². The van der Waals surface area contributed by atoms with Crippen LogP contribution in [0.5, 0.6) is 0 Å². The quantitative estimate of drug-likeness (QED) is 0.583. The maximum absolute atomic E-state index is 4.08. The van der Waals surface area contributed by atoms with Crippen molar-refractivity contribution in [3.8, 4) is 0 Å². The van der Waals surface area contributed by atoms with Gasteiger partial charge in [-0.15, -0.1) is 13.2 Å². The molecule has 0 spiro atoms. The van der Waals surface area contributed by atoms with E-state index >= 15 is 0 Å². The van der Waals surface area contributed by atoms with E-state index in [9.17, 15) is 0 Å². The fourth-order valence-corrected chi connectivity index (χ4v) is 1.97. The van der Waals surface area contributed by atoms with Gasteiger partial charge in [-0.2, -0.15) is 0 Å². The highest BCUT2D eigenvalue weighted by Gasteiger charge is 2.23. The second-order valence-corrected chi connectivity index (χ2v) is 3.57. The second-order valence-electron chi connectivity index (χ2n) is 3.57. The van der Waals surface area contributed by atoms with Crippen LogP contribution in [0, 0.1) is 0 Å². The molecule has 0 radical (unpaired) electrons. The highest BCUT2D eigenvalue weighted by Crippen LogP contribution is 2.25. The Balaban J connectivity index is 2.51. The lowest BCUT2D eigenvalue weighted by Crippen LogP contribution is -2.27. The van der Waals surface area contributed by atoms with Gasteiger partial charge in [0.15, 0.2) is 0 Å². The zero-order valence-corrected chi connectivity index (χ0v) is 8.34. The molecule has 0 bridgehead atoms. The minimum atomic E-state index is 0.643. The van der Waals surface area contributed by atoms with Crippen LogP contribution in [0.4, 0.5) is 0 Å². The minimum Gasteiger partial charge on any atom is -0.372 e. The molecule has 1 heterocycles. The molecule has 0 saturated carbocycles. The van der Waals surface area contributed by atoms with Gasteiger partial charge in [0.1, 0.15) is 0 Å².